The molecule has 4 rings (SSSR count). The molecule has 0 saturated carbocycles. The first-order valence-electron chi connectivity index (χ1n) is 10.1. The van der Waals surface area contributed by atoms with E-state index >= 15 is 4.39 Å². The molecule has 2 aromatic carbocycles. The molecule has 0 unspecified atom stereocenters. The number of benzene rings is 2. The topological polar surface area (TPSA) is 69.2 Å². The van der Waals surface area contributed by atoms with Crippen molar-refractivity contribution in [3.05, 3.63) is 62.8 Å². The second-order valence-corrected chi connectivity index (χ2v) is 8.59. The summed E-state index contributed by atoms with van der Waals surface area (Å²) in [4.78, 5) is 13.3. The van der Waals surface area contributed by atoms with Crippen molar-refractivity contribution in [2.24, 2.45) is 0 Å². The molecule has 176 valence electrons. The highest BCUT2D eigenvalue weighted by atomic mass is 35.5. The highest BCUT2D eigenvalue weighted by molar-refractivity contribution is 6.30. The number of hydrogen-bond donors (Lipinski definition) is 2. The number of carbonyl (C=O) groups is 1. The summed E-state index contributed by atoms with van der Waals surface area (Å²) in [6.45, 7) is 2.32. The average molecular weight is 488 g/mol. The van der Waals surface area contributed by atoms with Crippen molar-refractivity contribution in [3.63, 3.8) is 0 Å². The van der Waals surface area contributed by atoms with Crippen LogP contribution in [0.3, 0.4) is 0 Å². The molecule has 33 heavy (non-hydrogen) atoms. The molecule has 0 radical (unpaired) electrons. The van der Waals surface area contributed by atoms with E-state index in [-0.39, 0.29) is 23.6 Å². The van der Waals surface area contributed by atoms with Gasteiger partial charge in [0.25, 0.3) is 0 Å². The van der Waals surface area contributed by atoms with Crippen LogP contribution >= 0.6 is 11.6 Å². The van der Waals surface area contributed by atoms with Crippen LogP contribution < -0.4 is 0 Å². The minimum absolute atomic E-state index is 0.0865. The van der Waals surface area contributed by atoms with E-state index in [4.69, 9.17) is 11.6 Å². The number of aromatic carboxylic acids is 1. The molecular formula is C22H19ClF5N3O2. The molecule has 1 aliphatic rings. The third kappa shape index (κ3) is 4.41. The molecule has 11 heteroatoms. The van der Waals surface area contributed by atoms with Gasteiger partial charge >= 0.3 is 12.1 Å². The van der Waals surface area contributed by atoms with E-state index in [1.165, 1.54) is 6.07 Å². The number of halogens is 6. The summed E-state index contributed by atoms with van der Waals surface area (Å²) in [5.41, 5.74) is -0.445. The minimum atomic E-state index is -4.65. The molecule has 0 atom stereocenters. The standard InChI is InChI=1S/C22H19ClF5N3O2/c1-10-14-8-15(21(32)33)19(25)17(20(14)30-29-10)11-2-4-31(5-3-11)9-12-6-13(22(26,27)28)7-16(23)18(12)24/h6-8,11H,2-5,9H2,1H3,(H,29,30)(H,32,33). The fraction of sp³-hybridized carbons (Fsp3) is 0.364. The number of alkyl halides is 3. The number of aromatic amines is 1. The van der Waals surface area contributed by atoms with E-state index in [0.29, 0.717) is 48.6 Å². The summed E-state index contributed by atoms with van der Waals surface area (Å²) < 4.78 is 68.7. The Morgan fingerprint density at radius 3 is 2.48 bits per heavy atom. The Kier molecular flexibility index (Phi) is 6.09. The lowest BCUT2D eigenvalue weighted by molar-refractivity contribution is -0.137. The molecule has 2 heterocycles. The monoisotopic (exact) mass is 487 g/mol. The first kappa shape index (κ1) is 23.4. The number of nitrogens with zero attached hydrogens (tertiary/aromatic N) is 2. The lowest BCUT2D eigenvalue weighted by Gasteiger charge is -2.32. The Labute approximate surface area is 190 Å². The number of H-pyrrole nitrogens is 1. The second kappa shape index (κ2) is 8.57. The predicted octanol–water partition coefficient (Wildman–Crippen LogP) is 5.90. The number of aryl methyl sites for hydroxylation is 1. The lowest BCUT2D eigenvalue weighted by atomic mass is 9.86. The summed E-state index contributed by atoms with van der Waals surface area (Å²) in [5.74, 6) is -3.47. The van der Waals surface area contributed by atoms with Crippen LogP contribution in [0.4, 0.5) is 22.0 Å². The lowest BCUT2D eigenvalue weighted by Crippen LogP contribution is -2.33. The van der Waals surface area contributed by atoms with Crippen molar-refractivity contribution >= 4 is 28.5 Å². The Balaban J connectivity index is 1.58. The van der Waals surface area contributed by atoms with E-state index < -0.39 is 39.9 Å². The average Bonchev–Trinajstić information content (AvgIpc) is 3.11. The van der Waals surface area contributed by atoms with Gasteiger partial charge in [-0.1, -0.05) is 11.6 Å². The number of carboxylic acid groups (broad SMARTS) is 1. The molecule has 1 aliphatic heterocycles. The molecule has 3 aromatic rings. The molecule has 0 aliphatic carbocycles. The maximum atomic E-state index is 15.1. The van der Waals surface area contributed by atoms with Gasteiger partial charge in [-0.05, 0) is 57.0 Å². The largest absolute Gasteiger partial charge is 0.478 e. The number of aromatic nitrogens is 2. The van der Waals surface area contributed by atoms with E-state index in [9.17, 15) is 27.5 Å². The first-order chi connectivity index (χ1) is 15.5. The number of rotatable bonds is 4. The highest BCUT2D eigenvalue weighted by Crippen LogP contribution is 2.38. The molecule has 2 N–H and O–H groups in total. The second-order valence-electron chi connectivity index (χ2n) is 8.18. The SMILES string of the molecule is Cc1[nH]nc2c(C3CCN(Cc4cc(C(F)(F)F)cc(Cl)c4F)CC3)c(F)c(C(=O)O)cc12. The van der Waals surface area contributed by atoms with Gasteiger partial charge in [0.05, 0.1) is 21.7 Å². The van der Waals surface area contributed by atoms with Crippen molar-refractivity contribution in [2.45, 2.75) is 38.4 Å². The third-order valence-electron chi connectivity index (χ3n) is 6.06. The molecule has 0 bridgehead atoms. The molecule has 1 aromatic heterocycles. The smallest absolute Gasteiger partial charge is 0.416 e. The van der Waals surface area contributed by atoms with Crippen molar-refractivity contribution in [1.82, 2.24) is 15.1 Å². The van der Waals surface area contributed by atoms with Crippen LogP contribution in [0.25, 0.3) is 10.9 Å². The van der Waals surface area contributed by atoms with Gasteiger partial charge in [-0.2, -0.15) is 18.3 Å². The van der Waals surface area contributed by atoms with Gasteiger partial charge in [0.15, 0.2) is 0 Å². The number of nitrogens with one attached hydrogen (secondary N) is 1. The van der Waals surface area contributed by atoms with Gasteiger partial charge in [-0.3, -0.25) is 10.00 Å². The van der Waals surface area contributed by atoms with Crippen LogP contribution in [-0.4, -0.2) is 39.3 Å². The number of hydrogen-bond acceptors (Lipinski definition) is 3. The van der Waals surface area contributed by atoms with Gasteiger partial charge in [0, 0.05) is 28.8 Å². The summed E-state index contributed by atoms with van der Waals surface area (Å²) in [6, 6.07) is 2.56. The molecule has 1 fully saturated rings. The Bertz CT molecular complexity index is 1230. The maximum absolute atomic E-state index is 15.1. The third-order valence-corrected chi connectivity index (χ3v) is 6.34. The fourth-order valence-corrected chi connectivity index (χ4v) is 4.59. The molecular weight excluding hydrogens is 469 g/mol. The van der Waals surface area contributed by atoms with E-state index in [1.807, 2.05) is 0 Å². The number of carboxylic acids is 1. The van der Waals surface area contributed by atoms with Crippen LogP contribution in [0.1, 0.15) is 51.5 Å². The summed E-state index contributed by atoms with van der Waals surface area (Å²) in [6.07, 6.45) is -3.86. The maximum Gasteiger partial charge on any atom is 0.416 e. The normalized spacial score (nSPS) is 16.0. The van der Waals surface area contributed by atoms with Gasteiger partial charge < -0.3 is 5.11 Å². The first-order valence-corrected chi connectivity index (χ1v) is 10.5. The minimum Gasteiger partial charge on any atom is -0.478 e. The fourth-order valence-electron chi connectivity index (χ4n) is 4.35. The molecule has 5 nitrogen and oxygen atoms in total. The summed E-state index contributed by atoms with van der Waals surface area (Å²) in [5, 5.41) is 16.2. The van der Waals surface area contributed by atoms with Crippen molar-refractivity contribution < 1.29 is 31.9 Å². The van der Waals surface area contributed by atoms with Crippen LogP contribution in [0, 0.1) is 18.6 Å². The summed E-state index contributed by atoms with van der Waals surface area (Å²) in [7, 11) is 0. The number of piperidine rings is 1. The van der Waals surface area contributed by atoms with Crippen LogP contribution in [0.2, 0.25) is 5.02 Å². The van der Waals surface area contributed by atoms with Crippen molar-refractivity contribution in [3.8, 4) is 0 Å². The van der Waals surface area contributed by atoms with E-state index in [1.54, 1.807) is 11.8 Å². The zero-order valence-electron chi connectivity index (χ0n) is 17.4. The zero-order valence-corrected chi connectivity index (χ0v) is 18.1. The van der Waals surface area contributed by atoms with Gasteiger partial charge in [0.2, 0.25) is 0 Å². The van der Waals surface area contributed by atoms with Gasteiger partial charge in [-0.15, -0.1) is 0 Å². The van der Waals surface area contributed by atoms with E-state index in [2.05, 4.69) is 10.2 Å². The molecule has 0 amide bonds. The van der Waals surface area contributed by atoms with Crippen LogP contribution in [0.5, 0.6) is 0 Å². The predicted molar refractivity (Wildman–Crippen MR) is 111 cm³/mol. The Morgan fingerprint density at radius 2 is 1.88 bits per heavy atom. The molecule has 1 saturated heterocycles. The van der Waals surface area contributed by atoms with Crippen molar-refractivity contribution in [2.75, 3.05) is 13.1 Å². The van der Waals surface area contributed by atoms with Gasteiger partial charge in [0.1, 0.15) is 11.6 Å². The summed E-state index contributed by atoms with van der Waals surface area (Å²) >= 11 is 5.67. The number of likely N-dealkylation sites (tertiary alicyclic amines) is 1. The highest BCUT2D eigenvalue weighted by Gasteiger charge is 2.33. The Morgan fingerprint density at radius 1 is 1.21 bits per heavy atom. The molecule has 0 spiro atoms. The van der Waals surface area contributed by atoms with Crippen LogP contribution in [0.15, 0.2) is 18.2 Å². The number of fused-ring (bicyclic) bond motifs is 1. The quantitative estimate of drug-likeness (QED) is 0.450. The van der Waals surface area contributed by atoms with Gasteiger partial charge in [-0.25, -0.2) is 13.6 Å². The Hall–Kier alpha value is -2.72. The van der Waals surface area contributed by atoms with E-state index in [0.717, 1.165) is 6.07 Å². The zero-order chi connectivity index (χ0) is 24.1. The van der Waals surface area contributed by atoms with Crippen LogP contribution in [-0.2, 0) is 12.7 Å². The van der Waals surface area contributed by atoms with Crippen molar-refractivity contribution in [1.29, 1.82) is 0 Å².